The van der Waals surface area contributed by atoms with Crippen LogP contribution in [0.1, 0.15) is 51.6 Å². The monoisotopic (exact) mass is 495 g/mol. The maximum atomic E-state index is 11.8. The highest BCUT2D eigenvalue weighted by molar-refractivity contribution is 9.10. The van der Waals surface area contributed by atoms with Crippen LogP contribution in [0.25, 0.3) is 0 Å². The van der Waals surface area contributed by atoms with Crippen molar-refractivity contribution in [1.82, 2.24) is 9.97 Å². The lowest BCUT2D eigenvalue weighted by Gasteiger charge is -2.25. The second-order valence-corrected chi connectivity index (χ2v) is 8.96. The molecule has 7 heteroatoms. The fraction of sp³-hybridized carbons (Fsp3) is 0.320. The maximum Gasteiger partial charge on any atom is 0.339 e. The quantitative estimate of drug-likeness (QED) is 0.474. The average molecular weight is 496 g/mol. The summed E-state index contributed by atoms with van der Waals surface area (Å²) >= 11 is 3.49. The lowest BCUT2D eigenvalue weighted by Crippen LogP contribution is -2.25. The largest absolute Gasteiger partial charge is 0.496 e. The summed E-state index contributed by atoms with van der Waals surface area (Å²) in [6.45, 7) is 2.85. The number of hydrogen-bond acceptors (Lipinski definition) is 5. The smallest absolute Gasteiger partial charge is 0.339 e. The summed E-state index contributed by atoms with van der Waals surface area (Å²) in [7, 11) is 1.66. The van der Waals surface area contributed by atoms with Crippen LogP contribution in [0.4, 0.5) is 5.95 Å². The molecule has 0 bridgehead atoms. The van der Waals surface area contributed by atoms with Gasteiger partial charge in [-0.3, -0.25) is 0 Å². The van der Waals surface area contributed by atoms with Gasteiger partial charge in [0.25, 0.3) is 0 Å². The maximum absolute atomic E-state index is 11.8. The summed E-state index contributed by atoms with van der Waals surface area (Å²) in [5.74, 6) is 0.426. The molecule has 0 unspecified atom stereocenters. The van der Waals surface area contributed by atoms with Gasteiger partial charge in [-0.15, -0.1) is 0 Å². The average Bonchev–Trinajstić information content (AvgIpc) is 3.28. The van der Waals surface area contributed by atoms with Crippen LogP contribution in [0.5, 0.6) is 5.75 Å². The molecule has 1 atom stereocenters. The number of hydrogen-bond donors (Lipinski definition) is 1. The molecule has 1 aromatic heterocycles. The minimum absolute atomic E-state index is 0.159. The summed E-state index contributed by atoms with van der Waals surface area (Å²) < 4.78 is 6.46. The van der Waals surface area contributed by atoms with Crippen molar-refractivity contribution in [2.75, 3.05) is 18.6 Å². The number of ether oxygens (including phenoxy) is 1. The van der Waals surface area contributed by atoms with E-state index in [1.165, 1.54) is 11.8 Å². The molecule has 0 spiro atoms. The van der Waals surface area contributed by atoms with Gasteiger partial charge in [0.05, 0.1) is 24.4 Å². The van der Waals surface area contributed by atoms with Crippen molar-refractivity contribution < 1.29 is 14.6 Å². The molecule has 3 aromatic rings. The number of aromatic nitrogens is 2. The van der Waals surface area contributed by atoms with Crippen LogP contribution in [0.2, 0.25) is 0 Å². The van der Waals surface area contributed by atoms with Crippen LogP contribution in [-0.4, -0.2) is 34.7 Å². The van der Waals surface area contributed by atoms with Gasteiger partial charge in [-0.05, 0) is 67.5 Å². The topological polar surface area (TPSA) is 75.5 Å². The summed E-state index contributed by atoms with van der Waals surface area (Å²) in [5, 5.41) is 9.68. The first-order chi connectivity index (χ1) is 15.5. The van der Waals surface area contributed by atoms with Crippen molar-refractivity contribution in [1.29, 1.82) is 0 Å². The third kappa shape index (κ3) is 4.78. The molecule has 6 nitrogen and oxygen atoms in total. The molecule has 4 rings (SSSR count). The van der Waals surface area contributed by atoms with E-state index in [1.54, 1.807) is 7.11 Å². The number of aromatic carboxylic acids is 1. The Labute approximate surface area is 196 Å². The number of methoxy groups -OCH3 is 1. The molecule has 2 heterocycles. The van der Waals surface area contributed by atoms with E-state index in [1.807, 2.05) is 37.3 Å². The minimum Gasteiger partial charge on any atom is -0.496 e. The molecular formula is C25H26BrN3O3. The van der Waals surface area contributed by atoms with E-state index in [2.05, 4.69) is 37.9 Å². The molecule has 0 saturated carbocycles. The molecule has 166 valence electrons. The fourth-order valence-electron chi connectivity index (χ4n) is 4.23. The first-order valence-electron chi connectivity index (χ1n) is 10.7. The Morgan fingerprint density at radius 3 is 2.72 bits per heavy atom. The van der Waals surface area contributed by atoms with Gasteiger partial charge < -0.3 is 14.7 Å². The second-order valence-electron chi connectivity index (χ2n) is 8.04. The van der Waals surface area contributed by atoms with E-state index in [-0.39, 0.29) is 11.6 Å². The first-order valence-corrected chi connectivity index (χ1v) is 11.5. The first kappa shape index (κ1) is 22.3. The highest BCUT2D eigenvalue weighted by atomic mass is 79.9. The molecule has 1 fully saturated rings. The molecule has 1 aliphatic heterocycles. The van der Waals surface area contributed by atoms with Crippen LogP contribution in [0.15, 0.2) is 53.1 Å². The highest BCUT2D eigenvalue weighted by Gasteiger charge is 2.29. The van der Waals surface area contributed by atoms with E-state index < -0.39 is 5.97 Å². The Morgan fingerprint density at radius 1 is 1.22 bits per heavy atom. The Morgan fingerprint density at radius 2 is 2.00 bits per heavy atom. The van der Waals surface area contributed by atoms with Gasteiger partial charge in [-0.2, -0.15) is 0 Å². The third-order valence-corrected chi connectivity index (χ3v) is 6.50. The van der Waals surface area contributed by atoms with Crippen LogP contribution >= 0.6 is 15.9 Å². The summed E-state index contributed by atoms with van der Waals surface area (Å²) in [6.07, 6.45) is 4.70. The van der Waals surface area contributed by atoms with Gasteiger partial charge in [-0.1, -0.05) is 40.2 Å². The highest BCUT2D eigenvalue weighted by Crippen LogP contribution is 2.35. The molecule has 0 radical (unpaired) electrons. The zero-order valence-corrected chi connectivity index (χ0v) is 19.8. The van der Waals surface area contributed by atoms with Crippen LogP contribution in [0.3, 0.4) is 0 Å². The number of carboxylic acids is 1. The number of carboxylic acid groups (broad SMARTS) is 1. The van der Waals surface area contributed by atoms with Gasteiger partial charge in [0, 0.05) is 17.2 Å². The molecule has 0 aliphatic carbocycles. The summed E-state index contributed by atoms with van der Waals surface area (Å²) in [5.41, 5.74) is 4.08. The predicted octanol–water partition coefficient (Wildman–Crippen LogP) is 5.38. The number of aryl methyl sites for hydroxylation is 3. The van der Waals surface area contributed by atoms with Gasteiger partial charge in [0.2, 0.25) is 5.95 Å². The molecule has 32 heavy (non-hydrogen) atoms. The van der Waals surface area contributed by atoms with Crippen molar-refractivity contribution in [3.63, 3.8) is 0 Å². The predicted molar refractivity (Wildman–Crippen MR) is 128 cm³/mol. The zero-order chi connectivity index (χ0) is 22.7. The van der Waals surface area contributed by atoms with E-state index in [9.17, 15) is 9.90 Å². The van der Waals surface area contributed by atoms with Crippen molar-refractivity contribution in [2.24, 2.45) is 0 Å². The van der Waals surface area contributed by atoms with Crippen molar-refractivity contribution >= 4 is 27.8 Å². The summed E-state index contributed by atoms with van der Waals surface area (Å²) in [6, 6.07) is 14.6. The van der Waals surface area contributed by atoms with Crippen molar-refractivity contribution in [3.8, 4) is 5.75 Å². The Kier molecular flexibility index (Phi) is 6.74. The minimum atomic E-state index is -1.00. The number of anilines is 1. The Balaban J connectivity index is 1.60. The summed E-state index contributed by atoms with van der Waals surface area (Å²) in [4.78, 5) is 23.2. The number of rotatable bonds is 7. The third-order valence-electron chi connectivity index (χ3n) is 5.97. The molecule has 1 N–H and O–H groups in total. The fourth-order valence-corrected chi connectivity index (χ4v) is 4.50. The van der Waals surface area contributed by atoms with Gasteiger partial charge in [0.15, 0.2) is 0 Å². The zero-order valence-electron chi connectivity index (χ0n) is 18.2. The number of benzene rings is 2. The van der Waals surface area contributed by atoms with Crippen molar-refractivity contribution in [2.45, 2.75) is 38.6 Å². The molecule has 1 saturated heterocycles. The van der Waals surface area contributed by atoms with E-state index in [0.29, 0.717) is 24.5 Å². The lowest BCUT2D eigenvalue weighted by atomic mass is 10.0. The molecule has 2 aromatic carbocycles. The van der Waals surface area contributed by atoms with Crippen molar-refractivity contribution in [3.05, 3.63) is 81.1 Å². The van der Waals surface area contributed by atoms with Gasteiger partial charge >= 0.3 is 5.97 Å². The number of nitrogens with zero attached hydrogens (tertiary/aromatic N) is 3. The number of carbonyl (C=O) groups is 1. The second kappa shape index (κ2) is 9.69. The lowest BCUT2D eigenvalue weighted by molar-refractivity contribution is 0.0694. The Bertz CT molecular complexity index is 1120. The SMILES string of the molecule is COc1cc(CCc2nc(N3CCC[C@@H]3c3ccc(Br)cc3)ncc2C(=O)O)ccc1C. The molecule has 0 amide bonds. The van der Waals surface area contributed by atoms with E-state index in [0.717, 1.165) is 40.7 Å². The normalized spacial score (nSPS) is 15.7. The molecular weight excluding hydrogens is 470 g/mol. The van der Waals surface area contributed by atoms with Crippen LogP contribution < -0.4 is 9.64 Å². The van der Waals surface area contributed by atoms with Gasteiger partial charge in [0.1, 0.15) is 5.75 Å². The number of halogens is 1. The molecule has 1 aliphatic rings. The van der Waals surface area contributed by atoms with E-state index in [4.69, 9.17) is 9.72 Å². The van der Waals surface area contributed by atoms with E-state index >= 15 is 0 Å². The Hall–Kier alpha value is -2.93. The standard InChI is InChI=1S/C25H26BrN3O3/c1-16-5-6-17(14-23(16)32-2)7-12-21-20(24(30)31)15-27-25(28-21)29-13-3-4-22(29)18-8-10-19(26)11-9-18/h5-6,8-11,14-15,22H,3-4,7,12-13H2,1-2H3,(H,30,31)/t22-/m1/s1. The van der Waals surface area contributed by atoms with Gasteiger partial charge in [-0.25, -0.2) is 14.8 Å². The van der Waals surface area contributed by atoms with Crippen LogP contribution in [0, 0.1) is 6.92 Å². The van der Waals surface area contributed by atoms with Crippen LogP contribution in [-0.2, 0) is 12.8 Å².